The molecule has 0 bridgehead atoms. The standard InChI is InChI=1S/C16H20ClN3O3/c1-19(8-11(21)10-23-3)16(22)13-9-20(2)18-15(13)12-6-4-5-7-14(12)17/h4-7,9,11,21H,8,10H2,1-3H3. The first-order valence-corrected chi connectivity index (χ1v) is 7.52. The quantitative estimate of drug-likeness (QED) is 0.873. The maximum absolute atomic E-state index is 12.7. The molecule has 2 rings (SSSR count). The van der Waals surface area contributed by atoms with Crippen molar-refractivity contribution in [3.8, 4) is 11.3 Å². The van der Waals surface area contributed by atoms with E-state index in [2.05, 4.69) is 5.10 Å². The number of aryl methyl sites for hydroxylation is 1. The number of carbonyl (C=O) groups excluding carboxylic acids is 1. The monoisotopic (exact) mass is 337 g/mol. The molecule has 0 fully saturated rings. The first-order valence-electron chi connectivity index (χ1n) is 7.15. The summed E-state index contributed by atoms with van der Waals surface area (Å²) in [6.07, 6.45) is 0.912. The van der Waals surface area contributed by atoms with Crippen LogP contribution in [0.15, 0.2) is 30.5 Å². The number of amides is 1. The number of aliphatic hydroxyl groups excluding tert-OH is 1. The second-order valence-electron chi connectivity index (χ2n) is 5.34. The topological polar surface area (TPSA) is 67.6 Å². The van der Waals surface area contributed by atoms with E-state index in [9.17, 15) is 9.90 Å². The van der Waals surface area contributed by atoms with Gasteiger partial charge in [-0.2, -0.15) is 5.10 Å². The van der Waals surface area contributed by atoms with E-state index in [1.807, 2.05) is 18.2 Å². The highest BCUT2D eigenvalue weighted by atomic mass is 35.5. The molecule has 0 spiro atoms. The SMILES string of the molecule is COCC(O)CN(C)C(=O)c1cn(C)nc1-c1ccccc1Cl. The summed E-state index contributed by atoms with van der Waals surface area (Å²) in [5.74, 6) is -0.233. The van der Waals surface area contributed by atoms with Crippen LogP contribution < -0.4 is 0 Å². The number of aromatic nitrogens is 2. The number of hydrogen-bond acceptors (Lipinski definition) is 4. The Balaban J connectivity index is 2.30. The van der Waals surface area contributed by atoms with Crippen LogP contribution in [0, 0.1) is 0 Å². The van der Waals surface area contributed by atoms with Crippen LogP contribution in [-0.4, -0.2) is 59.1 Å². The fourth-order valence-corrected chi connectivity index (χ4v) is 2.57. The summed E-state index contributed by atoms with van der Waals surface area (Å²) in [6, 6.07) is 7.24. The highest BCUT2D eigenvalue weighted by molar-refractivity contribution is 6.33. The molecule has 124 valence electrons. The maximum atomic E-state index is 12.7. The third-order valence-corrected chi connectivity index (χ3v) is 3.71. The lowest BCUT2D eigenvalue weighted by molar-refractivity contribution is 0.0380. The van der Waals surface area contributed by atoms with E-state index in [-0.39, 0.29) is 19.1 Å². The average molecular weight is 338 g/mol. The van der Waals surface area contributed by atoms with Gasteiger partial charge in [0.25, 0.3) is 5.91 Å². The van der Waals surface area contributed by atoms with Crippen LogP contribution in [0.4, 0.5) is 0 Å². The van der Waals surface area contributed by atoms with Gasteiger partial charge >= 0.3 is 0 Å². The van der Waals surface area contributed by atoms with Crippen molar-refractivity contribution >= 4 is 17.5 Å². The van der Waals surface area contributed by atoms with Crippen molar-refractivity contribution in [2.24, 2.45) is 7.05 Å². The van der Waals surface area contributed by atoms with Crippen LogP contribution in [0.3, 0.4) is 0 Å². The normalized spacial score (nSPS) is 12.2. The molecular formula is C16H20ClN3O3. The number of nitrogens with zero attached hydrogens (tertiary/aromatic N) is 3. The molecule has 0 aliphatic carbocycles. The fourth-order valence-electron chi connectivity index (χ4n) is 2.35. The second kappa shape index (κ2) is 7.59. The third kappa shape index (κ3) is 4.10. The molecule has 0 saturated heterocycles. The fraction of sp³-hybridized carbons (Fsp3) is 0.375. The number of hydrogen-bond donors (Lipinski definition) is 1. The van der Waals surface area contributed by atoms with E-state index < -0.39 is 6.10 Å². The van der Waals surface area contributed by atoms with Crippen LogP contribution in [-0.2, 0) is 11.8 Å². The molecule has 0 aliphatic heterocycles. The molecule has 0 radical (unpaired) electrons. The molecular weight excluding hydrogens is 318 g/mol. The van der Waals surface area contributed by atoms with Crippen molar-refractivity contribution < 1.29 is 14.6 Å². The van der Waals surface area contributed by atoms with E-state index in [4.69, 9.17) is 16.3 Å². The molecule has 1 aromatic heterocycles. The highest BCUT2D eigenvalue weighted by Gasteiger charge is 2.23. The Morgan fingerprint density at radius 2 is 2.17 bits per heavy atom. The van der Waals surface area contributed by atoms with Crippen LogP contribution in [0.25, 0.3) is 11.3 Å². The van der Waals surface area contributed by atoms with Crippen molar-refractivity contribution in [3.63, 3.8) is 0 Å². The van der Waals surface area contributed by atoms with Crippen molar-refractivity contribution in [1.82, 2.24) is 14.7 Å². The molecule has 1 N–H and O–H groups in total. The number of carbonyl (C=O) groups is 1. The van der Waals surface area contributed by atoms with Gasteiger partial charge in [-0.05, 0) is 6.07 Å². The van der Waals surface area contributed by atoms with Gasteiger partial charge in [0.2, 0.25) is 0 Å². The van der Waals surface area contributed by atoms with Gasteiger partial charge in [0.05, 0.1) is 23.3 Å². The Morgan fingerprint density at radius 1 is 1.48 bits per heavy atom. The van der Waals surface area contributed by atoms with Gasteiger partial charge in [-0.3, -0.25) is 9.48 Å². The lowest BCUT2D eigenvalue weighted by Gasteiger charge is -2.20. The third-order valence-electron chi connectivity index (χ3n) is 3.38. The van der Waals surface area contributed by atoms with Crippen LogP contribution in [0.1, 0.15) is 10.4 Å². The van der Waals surface area contributed by atoms with E-state index in [0.717, 1.165) is 0 Å². The second-order valence-corrected chi connectivity index (χ2v) is 5.75. The minimum Gasteiger partial charge on any atom is -0.389 e. The summed E-state index contributed by atoms with van der Waals surface area (Å²) in [5.41, 5.74) is 1.66. The number of likely N-dealkylation sites (N-methyl/N-ethyl adjacent to an activating group) is 1. The molecule has 6 nitrogen and oxygen atoms in total. The zero-order valence-corrected chi connectivity index (χ0v) is 14.1. The molecule has 1 amide bonds. The summed E-state index contributed by atoms with van der Waals surface area (Å²) in [7, 11) is 4.88. The van der Waals surface area contributed by atoms with E-state index in [0.29, 0.717) is 21.8 Å². The van der Waals surface area contributed by atoms with Gasteiger partial charge in [0, 0.05) is 39.5 Å². The predicted molar refractivity (Wildman–Crippen MR) is 88.5 cm³/mol. The Hall–Kier alpha value is -1.89. The largest absolute Gasteiger partial charge is 0.389 e. The van der Waals surface area contributed by atoms with Crippen molar-refractivity contribution in [3.05, 3.63) is 41.0 Å². The van der Waals surface area contributed by atoms with Crippen LogP contribution in [0.2, 0.25) is 5.02 Å². The van der Waals surface area contributed by atoms with E-state index in [1.165, 1.54) is 12.0 Å². The Kier molecular flexibility index (Phi) is 5.76. The number of methoxy groups -OCH3 is 1. The van der Waals surface area contributed by atoms with Gasteiger partial charge in [0.1, 0.15) is 5.69 Å². The van der Waals surface area contributed by atoms with Gasteiger partial charge in [-0.1, -0.05) is 29.8 Å². The molecule has 1 heterocycles. The van der Waals surface area contributed by atoms with Gasteiger partial charge in [-0.25, -0.2) is 0 Å². The van der Waals surface area contributed by atoms with Crippen LogP contribution in [0.5, 0.6) is 0 Å². The van der Waals surface area contributed by atoms with Crippen LogP contribution >= 0.6 is 11.6 Å². The summed E-state index contributed by atoms with van der Waals surface area (Å²) in [4.78, 5) is 14.1. The molecule has 7 heteroatoms. The molecule has 1 unspecified atom stereocenters. The van der Waals surface area contributed by atoms with Gasteiger partial charge in [-0.15, -0.1) is 0 Å². The van der Waals surface area contributed by atoms with Gasteiger partial charge in [0.15, 0.2) is 0 Å². The molecule has 1 atom stereocenters. The Bertz CT molecular complexity index is 687. The minimum absolute atomic E-state index is 0.169. The highest BCUT2D eigenvalue weighted by Crippen LogP contribution is 2.29. The zero-order valence-electron chi connectivity index (χ0n) is 13.4. The van der Waals surface area contributed by atoms with E-state index >= 15 is 0 Å². The zero-order chi connectivity index (χ0) is 17.0. The summed E-state index contributed by atoms with van der Waals surface area (Å²) >= 11 is 6.22. The lowest BCUT2D eigenvalue weighted by atomic mass is 10.1. The molecule has 2 aromatic rings. The first-order chi connectivity index (χ1) is 10.9. The van der Waals surface area contributed by atoms with E-state index in [1.54, 1.807) is 31.0 Å². The van der Waals surface area contributed by atoms with Crippen molar-refractivity contribution in [2.45, 2.75) is 6.10 Å². The summed E-state index contributed by atoms with van der Waals surface area (Å²) in [6.45, 7) is 0.339. The average Bonchev–Trinajstić information content (AvgIpc) is 2.88. The number of benzene rings is 1. The Labute approximate surface area is 140 Å². The number of halogens is 1. The number of aliphatic hydroxyl groups is 1. The Morgan fingerprint density at radius 3 is 2.83 bits per heavy atom. The summed E-state index contributed by atoms with van der Waals surface area (Å²) in [5, 5.41) is 14.7. The number of ether oxygens (including phenoxy) is 1. The summed E-state index contributed by atoms with van der Waals surface area (Å²) < 4.78 is 6.46. The molecule has 0 saturated carbocycles. The first kappa shape index (κ1) is 17.5. The number of rotatable bonds is 6. The van der Waals surface area contributed by atoms with Crippen molar-refractivity contribution in [2.75, 3.05) is 27.3 Å². The minimum atomic E-state index is -0.741. The lowest BCUT2D eigenvalue weighted by Crippen LogP contribution is -2.36. The van der Waals surface area contributed by atoms with Gasteiger partial charge < -0.3 is 14.7 Å². The maximum Gasteiger partial charge on any atom is 0.257 e. The molecule has 23 heavy (non-hydrogen) atoms. The molecule has 0 aliphatic rings. The smallest absolute Gasteiger partial charge is 0.257 e. The predicted octanol–water partition coefficient (Wildman–Crippen LogP) is 1.82. The van der Waals surface area contributed by atoms with Crippen molar-refractivity contribution in [1.29, 1.82) is 0 Å². The molecule has 1 aromatic carbocycles.